The fourth-order valence-electron chi connectivity index (χ4n) is 1.75. The standard InChI is InChI=1S/C9H19BNO6P/c1-18(13,14)17-7-6(5-12)16-9(10)8(7)15-4-2-3-11/h6-9,12H,2-5,11H2,1H3,(H,13,14)/t6-,7+,8?,9-/m1/s1. The molecule has 104 valence electrons. The first-order chi connectivity index (χ1) is 8.39. The van der Waals surface area contributed by atoms with Crippen molar-refractivity contribution in [3.63, 3.8) is 0 Å². The van der Waals surface area contributed by atoms with E-state index in [0.717, 1.165) is 6.66 Å². The van der Waals surface area contributed by atoms with Crippen LogP contribution in [0.1, 0.15) is 6.42 Å². The Morgan fingerprint density at radius 3 is 2.67 bits per heavy atom. The zero-order chi connectivity index (χ0) is 13.8. The third kappa shape index (κ3) is 4.62. The van der Waals surface area contributed by atoms with E-state index in [1.54, 1.807) is 0 Å². The van der Waals surface area contributed by atoms with Crippen molar-refractivity contribution in [2.45, 2.75) is 30.7 Å². The molecule has 2 radical (unpaired) electrons. The third-order valence-electron chi connectivity index (χ3n) is 2.50. The third-order valence-corrected chi connectivity index (χ3v) is 3.14. The molecule has 0 aromatic carbocycles. The highest BCUT2D eigenvalue weighted by Gasteiger charge is 2.45. The molecule has 1 aliphatic heterocycles. The van der Waals surface area contributed by atoms with Gasteiger partial charge in [0.25, 0.3) is 0 Å². The Hall–Kier alpha value is 0.0549. The van der Waals surface area contributed by atoms with Gasteiger partial charge in [-0.2, -0.15) is 0 Å². The van der Waals surface area contributed by atoms with E-state index in [9.17, 15) is 9.46 Å². The van der Waals surface area contributed by atoms with Gasteiger partial charge < -0.3 is 25.2 Å². The van der Waals surface area contributed by atoms with Gasteiger partial charge in [0, 0.05) is 19.3 Å². The Bertz CT molecular complexity index is 301. The molecule has 2 unspecified atom stereocenters. The predicted molar refractivity (Wildman–Crippen MR) is 65.5 cm³/mol. The van der Waals surface area contributed by atoms with E-state index in [1.165, 1.54) is 0 Å². The maximum Gasteiger partial charge on any atom is 0.325 e. The van der Waals surface area contributed by atoms with Gasteiger partial charge in [-0.1, -0.05) is 0 Å². The number of ether oxygens (including phenoxy) is 2. The van der Waals surface area contributed by atoms with E-state index in [2.05, 4.69) is 0 Å². The SMILES string of the molecule is [B][C@@H]1O[C@H](CO)[C@H](OP(C)(=O)O)C1OCCCN. The molecule has 0 amide bonds. The summed E-state index contributed by atoms with van der Waals surface area (Å²) in [7, 11) is 1.98. The van der Waals surface area contributed by atoms with Gasteiger partial charge in [0.05, 0.1) is 6.61 Å². The summed E-state index contributed by atoms with van der Waals surface area (Å²) in [5.41, 5.74) is 5.34. The highest BCUT2D eigenvalue weighted by Crippen LogP contribution is 2.42. The Labute approximate surface area is 108 Å². The average molecular weight is 279 g/mol. The zero-order valence-electron chi connectivity index (χ0n) is 10.3. The van der Waals surface area contributed by atoms with Gasteiger partial charge in [0.2, 0.25) is 0 Å². The van der Waals surface area contributed by atoms with Crippen LogP contribution in [-0.2, 0) is 18.6 Å². The van der Waals surface area contributed by atoms with Gasteiger partial charge in [-0.05, 0) is 13.0 Å². The van der Waals surface area contributed by atoms with Gasteiger partial charge in [-0.3, -0.25) is 9.09 Å². The average Bonchev–Trinajstić information content (AvgIpc) is 2.54. The van der Waals surface area contributed by atoms with Gasteiger partial charge >= 0.3 is 7.60 Å². The van der Waals surface area contributed by atoms with Crippen LogP contribution in [0.15, 0.2) is 0 Å². The maximum absolute atomic E-state index is 11.3. The largest absolute Gasteiger partial charge is 0.394 e. The summed E-state index contributed by atoms with van der Waals surface area (Å²) >= 11 is 0. The number of rotatable bonds is 7. The normalized spacial score (nSPS) is 35.6. The molecule has 1 heterocycles. The second-order valence-electron chi connectivity index (χ2n) is 4.17. The Morgan fingerprint density at radius 1 is 1.50 bits per heavy atom. The highest BCUT2D eigenvalue weighted by atomic mass is 31.2. The van der Waals surface area contributed by atoms with E-state index < -0.39 is 31.9 Å². The zero-order valence-corrected chi connectivity index (χ0v) is 11.2. The van der Waals surface area contributed by atoms with Crippen LogP contribution in [0.25, 0.3) is 0 Å². The van der Waals surface area contributed by atoms with Gasteiger partial charge in [-0.25, -0.2) is 0 Å². The molecule has 18 heavy (non-hydrogen) atoms. The van der Waals surface area contributed by atoms with Crippen LogP contribution in [0.4, 0.5) is 0 Å². The van der Waals surface area contributed by atoms with E-state index in [4.69, 9.17) is 32.7 Å². The molecule has 4 N–H and O–H groups in total. The fourth-order valence-corrected chi connectivity index (χ4v) is 2.46. The lowest BCUT2D eigenvalue weighted by molar-refractivity contribution is -0.0193. The summed E-state index contributed by atoms with van der Waals surface area (Å²) in [5.74, 6) is 0. The molecule has 0 aromatic heterocycles. The first-order valence-corrected chi connectivity index (χ1v) is 7.73. The molecular weight excluding hydrogens is 260 g/mol. The van der Waals surface area contributed by atoms with Crippen molar-refractivity contribution in [1.29, 1.82) is 0 Å². The molecule has 1 saturated heterocycles. The molecule has 0 saturated carbocycles. The predicted octanol–water partition coefficient (Wildman–Crippen LogP) is -1.19. The lowest BCUT2D eigenvalue weighted by Crippen LogP contribution is -2.38. The van der Waals surface area contributed by atoms with E-state index in [0.29, 0.717) is 19.6 Å². The first-order valence-electron chi connectivity index (χ1n) is 5.71. The molecular formula is C9H19BNO6P. The summed E-state index contributed by atoms with van der Waals surface area (Å²) in [4.78, 5) is 9.25. The minimum atomic E-state index is -3.72. The van der Waals surface area contributed by atoms with Crippen LogP contribution in [0.5, 0.6) is 0 Å². The summed E-state index contributed by atoms with van der Waals surface area (Å²) in [6, 6.07) is -0.809. The van der Waals surface area contributed by atoms with Crippen molar-refractivity contribution < 1.29 is 28.6 Å². The molecule has 9 heteroatoms. The Balaban J connectivity index is 2.67. The Morgan fingerprint density at radius 2 is 2.17 bits per heavy atom. The van der Waals surface area contributed by atoms with E-state index in [-0.39, 0.29) is 6.61 Å². The summed E-state index contributed by atoms with van der Waals surface area (Å²) < 4.78 is 27.0. The first kappa shape index (κ1) is 16.1. The van der Waals surface area contributed by atoms with Crippen LogP contribution in [0, 0.1) is 0 Å². The van der Waals surface area contributed by atoms with Crippen molar-refractivity contribution in [3.05, 3.63) is 0 Å². The molecule has 5 atom stereocenters. The van der Waals surface area contributed by atoms with Crippen molar-refractivity contribution in [3.8, 4) is 0 Å². The van der Waals surface area contributed by atoms with Crippen molar-refractivity contribution in [2.24, 2.45) is 5.73 Å². The number of aliphatic hydroxyl groups is 1. The Kier molecular flexibility index (Phi) is 6.27. The van der Waals surface area contributed by atoms with Crippen molar-refractivity contribution >= 4 is 15.4 Å². The summed E-state index contributed by atoms with van der Waals surface area (Å²) in [6.45, 7) is 1.50. The lowest BCUT2D eigenvalue weighted by Gasteiger charge is -2.24. The van der Waals surface area contributed by atoms with Crippen LogP contribution >= 0.6 is 7.60 Å². The molecule has 7 nitrogen and oxygen atoms in total. The van der Waals surface area contributed by atoms with Crippen LogP contribution in [0.3, 0.4) is 0 Å². The van der Waals surface area contributed by atoms with Gasteiger partial charge in [-0.15, -0.1) is 0 Å². The molecule has 1 fully saturated rings. The minimum absolute atomic E-state index is 0.343. The van der Waals surface area contributed by atoms with Crippen molar-refractivity contribution in [2.75, 3.05) is 26.4 Å². The molecule has 0 bridgehead atoms. The molecule has 0 aromatic rings. The van der Waals surface area contributed by atoms with Crippen LogP contribution in [-0.4, -0.2) is 68.6 Å². The van der Waals surface area contributed by atoms with Gasteiger partial charge in [0.1, 0.15) is 26.2 Å². The molecule has 1 rings (SSSR count). The molecule has 0 aliphatic carbocycles. The topological polar surface area (TPSA) is 111 Å². The molecule has 0 spiro atoms. The second kappa shape index (κ2) is 7.00. The number of hydrogen-bond acceptors (Lipinski definition) is 6. The monoisotopic (exact) mass is 279 g/mol. The minimum Gasteiger partial charge on any atom is -0.394 e. The molecule has 1 aliphatic rings. The lowest BCUT2D eigenvalue weighted by atomic mass is 9.93. The quantitative estimate of drug-likeness (QED) is 0.305. The van der Waals surface area contributed by atoms with Crippen LogP contribution < -0.4 is 5.73 Å². The van der Waals surface area contributed by atoms with E-state index in [1.807, 2.05) is 0 Å². The van der Waals surface area contributed by atoms with Gasteiger partial charge in [0.15, 0.2) is 0 Å². The number of hydrogen-bond donors (Lipinski definition) is 3. The summed E-state index contributed by atoms with van der Waals surface area (Å²) in [5, 5.41) is 9.13. The smallest absolute Gasteiger partial charge is 0.325 e. The number of aliphatic hydroxyl groups excluding tert-OH is 1. The van der Waals surface area contributed by atoms with Crippen LogP contribution in [0.2, 0.25) is 0 Å². The fraction of sp³-hybridized carbons (Fsp3) is 1.00. The second-order valence-corrected chi connectivity index (χ2v) is 5.99. The number of nitrogens with two attached hydrogens (primary N) is 1. The highest BCUT2D eigenvalue weighted by molar-refractivity contribution is 7.51. The van der Waals surface area contributed by atoms with E-state index >= 15 is 0 Å². The van der Waals surface area contributed by atoms with Crippen molar-refractivity contribution in [1.82, 2.24) is 0 Å². The summed E-state index contributed by atoms with van der Waals surface area (Å²) in [6.07, 6.45) is -1.72. The maximum atomic E-state index is 11.3.